The number of benzene rings is 1. The van der Waals surface area contributed by atoms with Gasteiger partial charge in [-0.15, -0.1) is 0 Å². The fourth-order valence-electron chi connectivity index (χ4n) is 1.41. The molecule has 0 aliphatic heterocycles. The smallest absolute Gasteiger partial charge is 0.0406 e. The van der Waals surface area contributed by atoms with Crippen LogP contribution >= 0.6 is 11.6 Å². The Bertz CT molecular complexity index is 338. The van der Waals surface area contributed by atoms with Crippen molar-refractivity contribution in [3.8, 4) is 0 Å². The molecular weight excluding hydrogens is 218 g/mol. The van der Waals surface area contributed by atoms with Crippen LogP contribution in [0.5, 0.6) is 0 Å². The largest absolute Gasteiger partial charge is 0.311 e. The van der Waals surface area contributed by atoms with Crippen LogP contribution < -0.4 is 5.32 Å². The van der Waals surface area contributed by atoms with Gasteiger partial charge in [0.2, 0.25) is 0 Å². The lowest BCUT2D eigenvalue weighted by atomic mass is 10.1. The van der Waals surface area contributed by atoms with Crippen molar-refractivity contribution in [3.63, 3.8) is 0 Å². The van der Waals surface area contributed by atoms with Gasteiger partial charge in [0.1, 0.15) is 0 Å². The first-order valence-electron chi connectivity index (χ1n) is 5.80. The Labute approximate surface area is 104 Å². The van der Waals surface area contributed by atoms with E-state index in [1.807, 2.05) is 24.3 Å². The van der Waals surface area contributed by atoms with E-state index < -0.39 is 0 Å². The summed E-state index contributed by atoms with van der Waals surface area (Å²) in [6, 6.07) is 8.48. The fraction of sp³-hybridized carbons (Fsp3) is 0.429. The van der Waals surface area contributed by atoms with E-state index in [1.165, 1.54) is 11.1 Å². The molecule has 0 amide bonds. The predicted molar refractivity (Wildman–Crippen MR) is 72.9 cm³/mol. The average molecular weight is 238 g/mol. The summed E-state index contributed by atoms with van der Waals surface area (Å²) < 4.78 is 0. The second-order valence-electron chi connectivity index (χ2n) is 4.24. The molecule has 0 saturated heterocycles. The van der Waals surface area contributed by atoms with Crippen molar-refractivity contribution in [2.24, 2.45) is 0 Å². The van der Waals surface area contributed by atoms with E-state index in [1.54, 1.807) is 0 Å². The first kappa shape index (κ1) is 13.3. The maximum absolute atomic E-state index is 5.85. The summed E-state index contributed by atoms with van der Waals surface area (Å²) in [6.07, 6.45) is 3.30. The van der Waals surface area contributed by atoms with E-state index in [0.717, 1.165) is 18.0 Å². The van der Waals surface area contributed by atoms with Gasteiger partial charge in [0.15, 0.2) is 0 Å². The van der Waals surface area contributed by atoms with Crippen LogP contribution in [-0.2, 0) is 0 Å². The third-order valence-electron chi connectivity index (χ3n) is 2.43. The monoisotopic (exact) mass is 237 g/mol. The minimum Gasteiger partial charge on any atom is -0.311 e. The summed E-state index contributed by atoms with van der Waals surface area (Å²) in [4.78, 5) is 0. The topological polar surface area (TPSA) is 12.0 Å². The van der Waals surface area contributed by atoms with Crippen LogP contribution in [0.1, 0.15) is 32.8 Å². The van der Waals surface area contributed by atoms with E-state index in [-0.39, 0.29) is 0 Å². The maximum atomic E-state index is 5.85. The Balaban J connectivity index is 2.67. The zero-order valence-corrected chi connectivity index (χ0v) is 11.0. The molecule has 0 atom stereocenters. The van der Waals surface area contributed by atoms with Crippen molar-refractivity contribution in [2.75, 3.05) is 6.54 Å². The van der Waals surface area contributed by atoms with E-state index in [4.69, 9.17) is 11.6 Å². The fourth-order valence-corrected chi connectivity index (χ4v) is 1.53. The highest BCUT2D eigenvalue weighted by molar-refractivity contribution is 6.30. The SMILES string of the molecule is CCC(=Cc1ccc(Cl)cc1)CNC(C)C. The highest BCUT2D eigenvalue weighted by Crippen LogP contribution is 2.13. The van der Waals surface area contributed by atoms with Crippen LogP contribution in [0.2, 0.25) is 5.02 Å². The van der Waals surface area contributed by atoms with Crippen LogP contribution in [0, 0.1) is 0 Å². The van der Waals surface area contributed by atoms with Crippen molar-refractivity contribution < 1.29 is 0 Å². The Hall–Kier alpha value is -0.790. The molecule has 1 aromatic carbocycles. The molecule has 0 heterocycles. The summed E-state index contributed by atoms with van der Waals surface area (Å²) >= 11 is 5.85. The van der Waals surface area contributed by atoms with E-state index in [2.05, 4.69) is 32.2 Å². The standard InChI is InChI=1S/C14H20ClN/c1-4-12(10-16-11(2)3)9-13-5-7-14(15)8-6-13/h5-9,11,16H,4,10H2,1-3H3. The summed E-state index contributed by atoms with van der Waals surface area (Å²) in [5.41, 5.74) is 2.63. The van der Waals surface area contributed by atoms with Crippen molar-refractivity contribution >= 4 is 17.7 Å². The minimum atomic E-state index is 0.528. The Morgan fingerprint density at radius 1 is 1.31 bits per heavy atom. The van der Waals surface area contributed by atoms with Crippen LogP contribution in [0.25, 0.3) is 6.08 Å². The molecule has 1 N–H and O–H groups in total. The molecule has 0 aliphatic carbocycles. The van der Waals surface area contributed by atoms with Crippen LogP contribution in [0.3, 0.4) is 0 Å². The number of rotatable bonds is 5. The van der Waals surface area contributed by atoms with E-state index >= 15 is 0 Å². The van der Waals surface area contributed by atoms with Gasteiger partial charge in [0, 0.05) is 17.6 Å². The molecular formula is C14H20ClN. The summed E-state index contributed by atoms with van der Waals surface area (Å²) in [5, 5.41) is 4.22. The molecule has 88 valence electrons. The highest BCUT2D eigenvalue weighted by Gasteiger charge is 1.97. The van der Waals surface area contributed by atoms with Crippen LogP contribution in [0.4, 0.5) is 0 Å². The lowest BCUT2D eigenvalue weighted by molar-refractivity contribution is 0.617. The number of nitrogens with one attached hydrogen (secondary N) is 1. The molecule has 1 aromatic rings. The summed E-state index contributed by atoms with van der Waals surface area (Å²) in [5.74, 6) is 0. The van der Waals surface area contributed by atoms with E-state index in [9.17, 15) is 0 Å². The molecule has 1 nitrogen and oxygen atoms in total. The lowest BCUT2D eigenvalue weighted by Crippen LogP contribution is -2.24. The van der Waals surface area contributed by atoms with Crippen molar-refractivity contribution in [1.29, 1.82) is 0 Å². The van der Waals surface area contributed by atoms with Gasteiger partial charge in [-0.2, -0.15) is 0 Å². The first-order valence-corrected chi connectivity index (χ1v) is 6.18. The first-order chi connectivity index (χ1) is 7.61. The Morgan fingerprint density at radius 2 is 1.94 bits per heavy atom. The van der Waals surface area contributed by atoms with Gasteiger partial charge in [0.05, 0.1) is 0 Å². The van der Waals surface area contributed by atoms with Crippen molar-refractivity contribution in [1.82, 2.24) is 5.32 Å². The number of hydrogen-bond donors (Lipinski definition) is 1. The number of hydrogen-bond acceptors (Lipinski definition) is 1. The van der Waals surface area contributed by atoms with Crippen LogP contribution in [0.15, 0.2) is 29.8 Å². The molecule has 0 aliphatic rings. The van der Waals surface area contributed by atoms with Gasteiger partial charge in [-0.25, -0.2) is 0 Å². The predicted octanol–water partition coefficient (Wildman–Crippen LogP) is 4.13. The normalized spacial score (nSPS) is 12.2. The highest BCUT2D eigenvalue weighted by atomic mass is 35.5. The molecule has 0 aromatic heterocycles. The van der Waals surface area contributed by atoms with Crippen LogP contribution in [-0.4, -0.2) is 12.6 Å². The number of halogens is 1. The summed E-state index contributed by atoms with van der Waals surface area (Å²) in [6.45, 7) is 7.46. The van der Waals surface area contributed by atoms with Gasteiger partial charge in [-0.3, -0.25) is 0 Å². The molecule has 0 unspecified atom stereocenters. The molecule has 1 rings (SSSR count). The van der Waals surface area contributed by atoms with Gasteiger partial charge in [0.25, 0.3) is 0 Å². The average Bonchev–Trinajstić information content (AvgIpc) is 2.26. The minimum absolute atomic E-state index is 0.528. The second kappa shape index (κ2) is 6.72. The van der Waals surface area contributed by atoms with Gasteiger partial charge < -0.3 is 5.32 Å². The van der Waals surface area contributed by atoms with Crippen molar-refractivity contribution in [3.05, 3.63) is 40.4 Å². The van der Waals surface area contributed by atoms with Gasteiger partial charge in [-0.1, -0.05) is 56.2 Å². The van der Waals surface area contributed by atoms with Crippen molar-refractivity contribution in [2.45, 2.75) is 33.2 Å². The third-order valence-corrected chi connectivity index (χ3v) is 2.68. The molecule has 2 heteroatoms. The molecule has 0 radical (unpaired) electrons. The Kier molecular flexibility index (Phi) is 5.58. The molecule has 0 bridgehead atoms. The zero-order valence-electron chi connectivity index (χ0n) is 10.3. The van der Waals surface area contributed by atoms with Gasteiger partial charge >= 0.3 is 0 Å². The maximum Gasteiger partial charge on any atom is 0.0406 e. The summed E-state index contributed by atoms with van der Waals surface area (Å²) in [7, 11) is 0. The van der Waals surface area contributed by atoms with E-state index in [0.29, 0.717) is 6.04 Å². The second-order valence-corrected chi connectivity index (χ2v) is 4.68. The zero-order chi connectivity index (χ0) is 12.0. The third kappa shape index (κ3) is 4.82. The lowest BCUT2D eigenvalue weighted by Gasteiger charge is -2.10. The molecule has 0 spiro atoms. The quantitative estimate of drug-likeness (QED) is 0.812. The molecule has 0 saturated carbocycles. The van der Waals surface area contributed by atoms with Gasteiger partial charge in [-0.05, 0) is 24.1 Å². The molecule has 16 heavy (non-hydrogen) atoms. The molecule has 0 fully saturated rings. The Morgan fingerprint density at radius 3 is 2.44 bits per heavy atom.